The van der Waals surface area contributed by atoms with Gasteiger partial charge in [0.25, 0.3) is 0 Å². The minimum atomic E-state index is -0.0235. The summed E-state index contributed by atoms with van der Waals surface area (Å²) in [5.41, 5.74) is 1.22. The van der Waals surface area contributed by atoms with Gasteiger partial charge in [-0.25, -0.2) is 0 Å². The lowest BCUT2D eigenvalue weighted by molar-refractivity contribution is -0.141. The Balaban J connectivity index is 1.66. The Morgan fingerprint density at radius 1 is 1.28 bits per heavy atom. The zero-order valence-electron chi connectivity index (χ0n) is 10.6. The Morgan fingerprint density at radius 2 is 1.94 bits per heavy atom. The van der Waals surface area contributed by atoms with Crippen molar-refractivity contribution in [1.29, 1.82) is 0 Å². The molecule has 0 spiro atoms. The van der Waals surface area contributed by atoms with Crippen molar-refractivity contribution in [3.63, 3.8) is 0 Å². The van der Waals surface area contributed by atoms with E-state index in [4.69, 9.17) is 0 Å². The number of nitrogens with zero attached hydrogens (tertiary/aromatic N) is 1. The smallest absolute Gasteiger partial charge is 0.226 e. The van der Waals surface area contributed by atoms with Crippen molar-refractivity contribution in [1.82, 2.24) is 10.2 Å². The third-order valence-electron chi connectivity index (χ3n) is 3.25. The number of carbonyl (C=O) groups is 2. The van der Waals surface area contributed by atoms with Crippen LogP contribution in [0.1, 0.15) is 12.5 Å². The molecule has 1 aromatic rings. The topological polar surface area (TPSA) is 49.4 Å². The minimum absolute atomic E-state index is 0.0235. The van der Waals surface area contributed by atoms with Gasteiger partial charge in [-0.15, -0.1) is 0 Å². The molecular formula is C14H18N2O2. The zero-order chi connectivity index (χ0) is 13.0. The molecule has 1 heterocycles. The highest BCUT2D eigenvalue weighted by Gasteiger charge is 2.33. The van der Waals surface area contributed by atoms with Crippen molar-refractivity contribution in [3.8, 4) is 0 Å². The fourth-order valence-corrected chi connectivity index (χ4v) is 2.02. The lowest BCUT2D eigenvalue weighted by Crippen LogP contribution is -2.55. The van der Waals surface area contributed by atoms with Crippen LogP contribution in [0.15, 0.2) is 30.3 Å². The number of hydrogen-bond donors (Lipinski definition) is 1. The van der Waals surface area contributed by atoms with Gasteiger partial charge in [0.2, 0.25) is 11.8 Å². The number of carbonyl (C=O) groups excluding carboxylic acids is 2. The third-order valence-corrected chi connectivity index (χ3v) is 3.25. The molecule has 0 aliphatic carbocycles. The van der Waals surface area contributed by atoms with Crippen LogP contribution in [0.25, 0.3) is 0 Å². The predicted octanol–water partition coefficient (Wildman–Crippen LogP) is 0.824. The lowest BCUT2D eigenvalue weighted by atomic mass is 9.99. The Bertz CT molecular complexity index is 425. The van der Waals surface area contributed by atoms with E-state index in [1.807, 2.05) is 30.3 Å². The number of nitrogens with one attached hydrogen (secondary N) is 1. The molecule has 0 radical (unpaired) electrons. The molecule has 2 amide bonds. The third kappa shape index (κ3) is 3.09. The van der Waals surface area contributed by atoms with Gasteiger partial charge in [0, 0.05) is 26.6 Å². The molecule has 0 saturated carbocycles. The minimum Gasteiger partial charge on any atom is -0.355 e. The van der Waals surface area contributed by atoms with Crippen LogP contribution in [0.3, 0.4) is 0 Å². The summed E-state index contributed by atoms with van der Waals surface area (Å²) in [6, 6.07) is 10.1. The Kier molecular flexibility index (Phi) is 3.97. The van der Waals surface area contributed by atoms with E-state index in [0.29, 0.717) is 19.6 Å². The molecule has 0 bridgehead atoms. The normalized spacial score (nSPS) is 15.1. The highest BCUT2D eigenvalue weighted by atomic mass is 16.2. The molecule has 4 nitrogen and oxygen atoms in total. The van der Waals surface area contributed by atoms with Crippen molar-refractivity contribution in [2.45, 2.75) is 13.3 Å². The fraction of sp³-hybridized carbons (Fsp3) is 0.429. The van der Waals surface area contributed by atoms with Crippen LogP contribution in [0.5, 0.6) is 0 Å². The summed E-state index contributed by atoms with van der Waals surface area (Å²) < 4.78 is 0. The fourth-order valence-electron chi connectivity index (χ4n) is 2.02. The molecule has 1 aliphatic rings. The summed E-state index contributed by atoms with van der Waals surface area (Å²) in [6.07, 6.45) is 0.843. The van der Waals surface area contributed by atoms with Crippen LogP contribution >= 0.6 is 0 Å². The second kappa shape index (κ2) is 5.67. The molecule has 1 saturated heterocycles. The van der Waals surface area contributed by atoms with Gasteiger partial charge in [-0.3, -0.25) is 9.59 Å². The first-order valence-corrected chi connectivity index (χ1v) is 6.24. The standard InChI is InChI=1S/C14H18N2O2/c1-11(17)16-9-13(10-16)14(18)15-8-7-12-5-3-2-4-6-12/h2-6,13H,7-10H2,1H3,(H,15,18). The van der Waals surface area contributed by atoms with Gasteiger partial charge in [-0.2, -0.15) is 0 Å². The van der Waals surface area contributed by atoms with Crippen molar-refractivity contribution >= 4 is 11.8 Å². The van der Waals surface area contributed by atoms with Crippen LogP contribution in [-0.4, -0.2) is 36.3 Å². The van der Waals surface area contributed by atoms with Gasteiger partial charge >= 0.3 is 0 Å². The van der Waals surface area contributed by atoms with Crippen LogP contribution in [0.2, 0.25) is 0 Å². The van der Waals surface area contributed by atoms with Gasteiger partial charge < -0.3 is 10.2 Å². The van der Waals surface area contributed by atoms with Gasteiger partial charge in [-0.05, 0) is 12.0 Å². The Morgan fingerprint density at radius 3 is 2.56 bits per heavy atom. The van der Waals surface area contributed by atoms with E-state index in [0.717, 1.165) is 6.42 Å². The van der Waals surface area contributed by atoms with Crippen molar-refractivity contribution < 1.29 is 9.59 Å². The van der Waals surface area contributed by atoms with E-state index >= 15 is 0 Å². The summed E-state index contributed by atoms with van der Waals surface area (Å²) in [6.45, 7) is 3.31. The van der Waals surface area contributed by atoms with Crippen LogP contribution in [0.4, 0.5) is 0 Å². The first-order chi connectivity index (χ1) is 8.66. The van der Waals surface area contributed by atoms with E-state index < -0.39 is 0 Å². The summed E-state index contributed by atoms with van der Waals surface area (Å²) in [5.74, 6) is 0.0800. The summed E-state index contributed by atoms with van der Waals surface area (Å²) in [4.78, 5) is 24.4. The highest BCUT2D eigenvalue weighted by Crippen LogP contribution is 2.15. The van der Waals surface area contributed by atoms with Gasteiger partial charge in [-0.1, -0.05) is 30.3 Å². The van der Waals surface area contributed by atoms with Crippen molar-refractivity contribution in [2.75, 3.05) is 19.6 Å². The molecule has 1 fully saturated rings. The number of likely N-dealkylation sites (tertiary alicyclic amines) is 1. The van der Waals surface area contributed by atoms with Gasteiger partial charge in [0.1, 0.15) is 0 Å². The number of rotatable bonds is 4. The van der Waals surface area contributed by atoms with Gasteiger partial charge in [0.05, 0.1) is 5.92 Å². The molecule has 96 valence electrons. The molecule has 4 heteroatoms. The first kappa shape index (κ1) is 12.6. The Labute approximate surface area is 107 Å². The SMILES string of the molecule is CC(=O)N1CC(C(=O)NCCc2ccccc2)C1. The van der Waals surface area contributed by atoms with E-state index in [2.05, 4.69) is 5.32 Å². The maximum absolute atomic E-state index is 11.7. The van der Waals surface area contributed by atoms with Crippen molar-refractivity contribution in [2.24, 2.45) is 5.92 Å². The number of hydrogen-bond acceptors (Lipinski definition) is 2. The molecule has 18 heavy (non-hydrogen) atoms. The van der Waals surface area contributed by atoms with E-state index in [1.165, 1.54) is 12.5 Å². The predicted molar refractivity (Wildman–Crippen MR) is 68.9 cm³/mol. The van der Waals surface area contributed by atoms with E-state index in [9.17, 15) is 9.59 Å². The molecule has 1 aromatic carbocycles. The maximum atomic E-state index is 11.7. The number of amides is 2. The quantitative estimate of drug-likeness (QED) is 0.855. The maximum Gasteiger partial charge on any atom is 0.226 e. The lowest BCUT2D eigenvalue weighted by Gasteiger charge is -2.37. The summed E-state index contributed by atoms with van der Waals surface area (Å²) in [5, 5.41) is 2.92. The van der Waals surface area contributed by atoms with E-state index in [-0.39, 0.29) is 17.7 Å². The second-order valence-corrected chi connectivity index (χ2v) is 4.65. The molecule has 1 aliphatic heterocycles. The van der Waals surface area contributed by atoms with Crippen molar-refractivity contribution in [3.05, 3.63) is 35.9 Å². The average Bonchev–Trinajstić information content (AvgIpc) is 2.28. The zero-order valence-corrected chi connectivity index (χ0v) is 10.6. The molecule has 0 atom stereocenters. The second-order valence-electron chi connectivity index (χ2n) is 4.65. The first-order valence-electron chi connectivity index (χ1n) is 6.24. The monoisotopic (exact) mass is 246 g/mol. The van der Waals surface area contributed by atoms with Crippen LogP contribution in [0, 0.1) is 5.92 Å². The van der Waals surface area contributed by atoms with Gasteiger partial charge in [0.15, 0.2) is 0 Å². The molecular weight excluding hydrogens is 228 g/mol. The summed E-state index contributed by atoms with van der Waals surface area (Å²) >= 11 is 0. The van der Waals surface area contributed by atoms with Crippen LogP contribution < -0.4 is 5.32 Å². The van der Waals surface area contributed by atoms with E-state index in [1.54, 1.807) is 4.90 Å². The molecule has 0 aromatic heterocycles. The Hall–Kier alpha value is -1.84. The molecule has 0 unspecified atom stereocenters. The molecule has 1 N–H and O–H groups in total. The average molecular weight is 246 g/mol. The highest BCUT2D eigenvalue weighted by molar-refractivity contribution is 5.83. The van der Waals surface area contributed by atoms with Crippen LogP contribution in [-0.2, 0) is 16.0 Å². The summed E-state index contributed by atoms with van der Waals surface area (Å²) in [7, 11) is 0. The number of benzene rings is 1. The largest absolute Gasteiger partial charge is 0.355 e. The molecule has 2 rings (SSSR count).